The highest BCUT2D eigenvalue weighted by molar-refractivity contribution is 5.31. The summed E-state index contributed by atoms with van der Waals surface area (Å²) in [4.78, 5) is 0. The molecule has 0 fully saturated rings. The average molecular weight is 209 g/mol. The van der Waals surface area contributed by atoms with Crippen LogP contribution in [0.4, 0.5) is 0 Å². The first kappa shape index (κ1) is 12.2. The van der Waals surface area contributed by atoms with Crippen LogP contribution in [-0.4, -0.2) is 16.8 Å². The zero-order valence-electron chi connectivity index (χ0n) is 11.0. The van der Waals surface area contributed by atoms with E-state index in [1.165, 1.54) is 11.3 Å². The van der Waals surface area contributed by atoms with Crippen LogP contribution in [0.5, 0.6) is 0 Å². The third kappa shape index (κ3) is 2.07. The number of nitrogens with zero attached hydrogens (tertiary/aromatic N) is 2. The van der Waals surface area contributed by atoms with Crippen LogP contribution < -0.4 is 5.32 Å². The zero-order valence-corrected chi connectivity index (χ0v) is 11.0. The SMILES string of the molecule is CNC(C)(C)c1c(C)nn(C(C)C)c1C. The molecule has 0 aliphatic rings. The molecule has 3 nitrogen and oxygen atoms in total. The molecule has 0 unspecified atom stereocenters. The van der Waals surface area contributed by atoms with Crippen molar-refractivity contribution >= 4 is 0 Å². The molecule has 0 saturated carbocycles. The molecule has 0 spiro atoms. The first-order valence-electron chi connectivity index (χ1n) is 5.56. The molecule has 1 heterocycles. The van der Waals surface area contributed by atoms with E-state index in [9.17, 15) is 0 Å². The number of rotatable bonds is 3. The van der Waals surface area contributed by atoms with E-state index in [0.717, 1.165) is 5.69 Å². The Kier molecular flexibility index (Phi) is 3.24. The molecule has 0 aromatic carbocycles. The van der Waals surface area contributed by atoms with E-state index in [0.29, 0.717) is 6.04 Å². The van der Waals surface area contributed by atoms with E-state index in [-0.39, 0.29) is 5.54 Å². The molecule has 1 aromatic heterocycles. The normalized spacial score (nSPS) is 12.5. The van der Waals surface area contributed by atoms with Crippen LogP contribution in [0.3, 0.4) is 0 Å². The Morgan fingerprint density at radius 3 is 2.13 bits per heavy atom. The fourth-order valence-electron chi connectivity index (χ4n) is 2.20. The second-order valence-electron chi connectivity index (χ2n) is 4.96. The summed E-state index contributed by atoms with van der Waals surface area (Å²) in [6.45, 7) is 12.9. The molecule has 1 aromatic rings. The molecule has 0 saturated heterocycles. The van der Waals surface area contributed by atoms with Gasteiger partial charge in [0.15, 0.2) is 0 Å². The molecule has 1 rings (SSSR count). The zero-order chi connectivity index (χ0) is 11.8. The summed E-state index contributed by atoms with van der Waals surface area (Å²) in [5.74, 6) is 0. The summed E-state index contributed by atoms with van der Waals surface area (Å²) in [7, 11) is 1.99. The van der Waals surface area contributed by atoms with Crippen LogP contribution in [-0.2, 0) is 5.54 Å². The molecule has 3 heteroatoms. The molecule has 1 N–H and O–H groups in total. The van der Waals surface area contributed by atoms with Crippen molar-refractivity contribution in [2.45, 2.75) is 53.1 Å². The van der Waals surface area contributed by atoms with Gasteiger partial charge in [0.05, 0.1) is 5.69 Å². The molecule has 0 atom stereocenters. The predicted molar refractivity (Wildman–Crippen MR) is 64.2 cm³/mol. The largest absolute Gasteiger partial charge is 0.311 e. The first-order chi connectivity index (χ1) is 6.81. The van der Waals surface area contributed by atoms with Crippen molar-refractivity contribution in [2.24, 2.45) is 0 Å². The second-order valence-corrected chi connectivity index (χ2v) is 4.96. The van der Waals surface area contributed by atoms with Gasteiger partial charge in [0.25, 0.3) is 0 Å². The van der Waals surface area contributed by atoms with Gasteiger partial charge in [-0.3, -0.25) is 4.68 Å². The molecular formula is C12H23N3. The van der Waals surface area contributed by atoms with Crippen LogP contribution in [0.15, 0.2) is 0 Å². The van der Waals surface area contributed by atoms with Gasteiger partial charge in [-0.15, -0.1) is 0 Å². The Bertz CT molecular complexity index is 348. The van der Waals surface area contributed by atoms with Crippen molar-refractivity contribution < 1.29 is 0 Å². The maximum Gasteiger partial charge on any atom is 0.0647 e. The topological polar surface area (TPSA) is 29.9 Å². The summed E-state index contributed by atoms with van der Waals surface area (Å²) < 4.78 is 2.10. The van der Waals surface area contributed by atoms with Crippen molar-refractivity contribution in [1.29, 1.82) is 0 Å². The minimum absolute atomic E-state index is 0.0126. The van der Waals surface area contributed by atoms with Crippen molar-refractivity contribution in [3.63, 3.8) is 0 Å². The monoisotopic (exact) mass is 209 g/mol. The van der Waals surface area contributed by atoms with Gasteiger partial charge >= 0.3 is 0 Å². The van der Waals surface area contributed by atoms with E-state index in [1.807, 2.05) is 7.05 Å². The Morgan fingerprint density at radius 1 is 1.27 bits per heavy atom. The first-order valence-corrected chi connectivity index (χ1v) is 5.56. The standard InChI is InChI=1S/C12H23N3/c1-8(2)15-10(4)11(9(3)14-15)12(5,6)13-7/h8,13H,1-7H3. The fraction of sp³-hybridized carbons (Fsp3) is 0.750. The fourth-order valence-corrected chi connectivity index (χ4v) is 2.20. The molecule has 0 amide bonds. The van der Waals surface area contributed by atoms with Gasteiger partial charge in [-0.25, -0.2) is 0 Å². The minimum Gasteiger partial charge on any atom is -0.311 e. The molecule has 86 valence electrons. The number of aromatic nitrogens is 2. The van der Waals surface area contributed by atoms with Gasteiger partial charge in [0.2, 0.25) is 0 Å². The lowest BCUT2D eigenvalue weighted by Crippen LogP contribution is -2.34. The maximum absolute atomic E-state index is 4.60. The minimum atomic E-state index is -0.0126. The molecule has 15 heavy (non-hydrogen) atoms. The lowest BCUT2D eigenvalue weighted by Gasteiger charge is -2.25. The molecular weight excluding hydrogens is 186 g/mol. The average Bonchev–Trinajstić information content (AvgIpc) is 2.42. The van der Waals surface area contributed by atoms with E-state index in [2.05, 4.69) is 56.6 Å². The van der Waals surface area contributed by atoms with Crippen molar-refractivity contribution in [2.75, 3.05) is 7.05 Å². The van der Waals surface area contributed by atoms with Gasteiger partial charge < -0.3 is 5.32 Å². The van der Waals surface area contributed by atoms with Crippen LogP contribution in [0.2, 0.25) is 0 Å². The highest BCUT2D eigenvalue weighted by Crippen LogP contribution is 2.27. The molecule has 0 bridgehead atoms. The van der Waals surface area contributed by atoms with E-state index in [1.54, 1.807) is 0 Å². The molecule has 0 aliphatic carbocycles. The summed E-state index contributed by atoms with van der Waals surface area (Å²) in [6.07, 6.45) is 0. The van der Waals surface area contributed by atoms with E-state index >= 15 is 0 Å². The Hall–Kier alpha value is -0.830. The Labute approximate surface area is 92.9 Å². The summed E-state index contributed by atoms with van der Waals surface area (Å²) >= 11 is 0. The van der Waals surface area contributed by atoms with Crippen molar-refractivity contribution in [3.8, 4) is 0 Å². The Balaban J connectivity index is 3.31. The lowest BCUT2D eigenvalue weighted by atomic mass is 9.92. The highest BCUT2D eigenvalue weighted by atomic mass is 15.3. The number of nitrogens with one attached hydrogen (secondary N) is 1. The van der Waals surface area contributed by atoms with Crippen LogP contribution in [0.25, 0.3) is 0 Å². The highest BCUT2D eigenvalue weighted by Gasteiger charge is 2.26. The maximum atomic E-state index is 4.60. The summed E-state index contributed by atoms with van der Waals surface area (Å²) in [5.41, 5.74) is 3.70. The summed E-state index contributed by atoms with van der Waals surface area (Å²) in [6, 6.07) is 0.421. The molecule has 0 radical (unpaired) electrons. The third-order valence-corrected chi connectivity index (χ3v) is 3.06. The van der Waals surface area contributed by atoms with Crippen molar-refractivity contribution in [1.82, 2.24) is 15.1 Å². The number of hydrogen-bond acceptors (Lipinski definition) is 2. The van der Waals surface area contributed by atoms with Gasteiger partial charge in [-0.2, -0.15) is 5.10 Å². The predicted octanol–water partition coefficient (Wildman–Crippen LogP) is 2.54. The van der Waals surface area contributed by atoms with Crippen molar-refractivity contribution in [3.05, 3.63) is 17.0 Å². The molecule has 0 aliphatic heterocycles. The van der Waals surface area contributed by atoms with Crippen LogP contribution in [0.1, 0.15) is 50.7 Å². The number of aryl methyl sites for hydroxylation is 1. The second kappa shape index (κ2) is 3.97. The smallest absolute Gasteiger partial charge is 0.0647 e. The van der Waals surface area contributed by atoms with Gasteiger partial charge in [-0.1, -0.05) is 0 Å². The van der Waals surface area contributed by atoms with Gasteiger partial charge in [0.1, 0.15) is 0 Å². The van der Waals surface area contributed by atoms with Gasteiger partial charge in [0, 0.05) is 22.8 Å². The van der Waals surface area contributed by atoms with Crippen LogP contribution >= 0.6 is 0 Å². The quantitative estimate of drug-likeness (QED) is 0.829. The number of hydrogen-bond donors (Lipinski definition) is 1. The van der Waals surface area contributed by atoms with Gasteiger partial charge in [-0.05, 0) is 48.6 Å². The van der Waals surface area contributed by atoms with Crippen LogP contribution in [0, 0.1) is 13.8 Å². The lowest BCUT2D eigenvalue weighted by molar-refractivity contribution is 0.436. The Morgan fingerprint density at radius 2 is 1.80 bits per heavy atom. The third-order valence-electron chi connectivity index (χ3n) is 3.06. The van der Waals surface area contributed by atoms with E-state index in [4.69, 9.17) is 0 Å². The summed E-state index contributed by atoms with van der Waals surface area (Å²) in [5, 5.41) is 7.94. The van der Waals surface area contributed by atoms with E-state index < -0.39 is 0 Å².